The van der Waals surface area contributed by atoms with Crippen molar-refractivity contribution in [1.29, 1.82) is 0 Å². The van der Waals surface area contributed by atoms with Crippen LogP contribution >= 0.6 is 27.3 Å². The van der Waals surface area contributed by atoms with E-state index in [2.05, 4.69) is 26.2 Å². The molecule has 0 radical (unpaired) electrons. The van der Waals surface area contributed by atoms with Crippen LogP contribution in [0.3, 0.4) is 0 Å². The van der Waals surface area contributed by atoms with E-state index >= 15 is 0 Å². The second-order valence-corrected chi connectivity index (χ2v) is 6.48. The maximum absolute atomic E-state index is 11.7. The van der Waals surface area contributed by atoms with E-state index in [1.807, 2.05) is 29.1 Å². The molecule has 0 aromatic carbocycles. The number of hydrogen-bond donors (Lipinski definition) is 1. The highest BCUT2D eigenvalue weighted by Crippen LogP contribution is 2.21. The number of carbonyl (C=O) groups is 1. The fourth-order valence-corrected chi connectivity index (χ4v) is 2.77. The van der Waals surface area contributed by atoms with Crippen LogP contribution in [0, 0.1) is 0 Å². The molecule has 0 spiro atoms. The summed E-state index contributed by atoms with van der Waals surface area (Å²) in [7, 11) is 0. The van der Waals surface area contributed by atoms with Crippen LogP contribution in [0.5, 0.6) is 0 Å². The fourth-order valence-electron chi connectivity index (χ4n) is 1.63. The highest BCUT2D eigenvalue weighted by atomic mass is 79.9. The third-order valence-electron chi connectivity index (χ3n) is 2.45. The molecule has 2 rings (SSSR count). The van der Waals surface area contributed by atoms with E-state index in [0.29, 0.717) is 6.54 Å². The minimum absolute atomic E-state index is 0.0561. The molecule has 0 bridgehead atoms. The predicted octanol–water partition coefficient (Wildman–Crippen LogP) is 2.93. The molecule has 2 aromatic heterocycles. The number of nitrogens with zero attached hydrogens (tertiary/aromatic N) is 2. The molecule has 0 aliphatic carbocycles. The summed E-state index contributed by atoms with van der Waals surface area (Å²) < 4.78 is 2.99. The molecular weight excluding hydrogens is 326 g/mol. The van der Waals surface area contributed by atoms with Crippen LogP contribution in [0.4, 0.5) is 0 Å². The summed E-state index contributed by atoms with van der Waals surface area (Å²) >= 11 is 4.98. The van der Waals surface area contributed by atoms with E-state index in [1.165, 1.54) is 0 Å². The number of hydrogen-bond acceptors (Lipinski definition) is 3. The molecule has 2 heterocycles. The lowest BCUT2D eigenvalue weighted by Gasteiger charge is -2.12. The second kappa shape index (κ2) is 6.68. The summed E-state index contributed by atoms with van der Waals surface area (Å²) in [6.45, 7) is 2.68. The summed E-state index contributed by atoms with van der Waals surface area (Å²) in [4.78, 5) is 15.7. The molecule has 6 heteroatoms. The van der Waals surface area contributed by atoms with Gasteiger partial charge in [0.25, 0.3) is 0 Å². The van der Waals surface area contributed by atoms with Gasteiger partial charge in [0.1, 0.15) is 0 Å². The Kier molecular flexibility index (Phi) is 4.93. The van der Waals surface area contributed by atoms with Gasteiger partial charge in [-0.15, -0.1) is 11.3 Å². The maximum atomic E-state index is 11.7. The maximum Gasteiger partial charge on any atom is 0.244 e. The fraction of sp³-hybridized carbons (Fsp3) is 0.231. The van der Waals surface area contributed by atoms with Crippen molar-refractivity contribution in [2.75, 3.05) is 0 Å². The lowest BCUT2D eigenvalue weighted by molar-refractivity contribution is -0.117. The van der Waals surface area contributed by atoms with Crippen molar-refractivity contribution in [3.8, 4) is 0 Å². The topological polar surface area (TPSA) is 46.9 Å². The molecule has 1 amide bonds. The Balaban J connectivity index is 1.82. The van der Waals surface area contributed by atoms with Crippen molar-refractivity contribution < 1.29 is 4.79 Å². The first kappa shape index (κ1) is 14.0. The third-order valence-corrected chi connectivity index (χ3v) is 3.97. The summed E-state index contributed by atoms with van der Waals surface area (Å²) in [6.07, 6.45) is 8.70. The standard InChI is InChI=1S/C13H14BrN3OS/c1-10(7-17-5-4-15-9-17)16-13(18)3-2-11-6-12(14)19-8-11/h2-6,8-10H,7H2,1H3,(H,16,18). The van der Waals surface area contributed by atoms with E-state index < -0.39 is 0 Å². The van der Waals surface area contributed by atoms with Gasteiger partial charge in [-0.05, 0) is 45.9 Å². The molecule has 19 heavy (non-hydrogen) atoms. The van der Waals surface area contributed by atoms with Crippen LogP contribution in [-0.4, -0.2) is 21.5 Å². The molecule has 1 N–H and O–H groups in total. The number of halogens is 1. The smallest absolute Gasteiger partial charge is 0.244 e. The molecule has 0 saturated heterocycles. The minimum atomic E-state index is -0.0880. The summed E-state index contributed by atoms with van der Waals surface area (Å²) in [5.74, 6) is -0.0880. The van der Waals surface area contributed by atoms with E-state index in [0.717, 1.165) is 9.35 Å². The van der Waals surface area contributed by atoms with Crippen molar-refractivity contribution in [1.82, 2.24) is 14.9 Å². The molecule has 1 unspecified atom stereocenters. The Morgan fingerprint density at radius 3 is 3.16 bits per heavy atom. The van der Waals surface area contributed by atoms with Crippen molar-refractivity contribution in [3.63, 3.8) is 0 Å². The largest absolute Gasteiger partial charge is 0.348 e. The molecule has 0 saturated carbocycles. The quantitative estimate of drug-likeness (QED) is 0.851. The van der Waals surface area contributed by atoms with E-state index in [-0.39, 0.29) is 11.9 Å². The van der Waals surface area contributed by atoms with Crippen molar-refractivity contribution in [2.24, 2.45) is 0 Å². The molecule has 0 aliphatic rings. The van der Waals surface area contributed by atoms with Crippen LogP contribution < -0.4 is 5.32 Å². The van der Waals surface area contributed by atoms with Crippen LogP contribution in [0.2, 0.25) is 0 Å². The van der Waals surface area contributed by atoms with Crippen LogP contribution in [0.15, 0.2) is 40.0 Å². The first-order valence-electron chi connectivity index (χ1n) is 5.82. The van der Waals surface area contributed by atoms with Gasteiger partial charge in [-0.1, -0.05) is 0 Å². The van der Waals surface area contributed by atoms with Gasteiger partial charge in [-0.2, -0.15) is 0 Å². The molecule has 1 atom stereocenters. The zero-order valence-corrected chi connectivity index (χ0v) is 12.8. The van der Waals surface area contributed by atoms with Gasteiger partial charge in [-0.25, -0.2) is 4.98 Å². The van der Waals surface area contributed by atoms with Gasteiger partial charge in [0.05, 0.1) is 10.1 Å². The zero-order valence-electron chi connectivity index (χ0n) is 10.4. The third kappa shape index (κ3) is 4.65. The lowest BCUT2D eigenvalue weighted by atomic mass is 10.3. The molecule has 4 nitrogen and oxygen atoms in total. The minimum Gasteiger partial charge on any atom is -0.348 e. The van der Waals surface area contributed by atoms with Gasteiger partial charge in [0, 0.05) is 31.1 Å². The Bertz CT molecular complexity index is 562. The molecule has 0 aliphatic heterocycles. The van der Waals surface area contributed by atoms with Crippen LogP contribution in [0.1, 0.15) is 12.5 Å². The highest BCUT2D eigenvalue weighted by molar-refractivity contribution is 9.11. The van der Waals surface area contributed by atoms with Crippen molar-refractivity contribution in [2.45, 2.75) is 19.5 Å². The van der Waals surface area contributed by atoms with Gasteiger partial charge in [-0.3, -0.25) is 4.79 Å². The van der Waals surface area contributed by atoms with Crippen molar-refractivity contribution in [3.05, 3.63) is 45.6 Å². The first-order valence-corrected chi connectivity index (χ1v) is 7.49. The van der Waals surface area contributed by atoms with Gasteiger partial charge >= 0.3 is 0 Å². The Morgan fingerprint density at radius 2 is 2.53 bits per heavy atom. The normalized spacial score (nSPS) is 12.7. The average Bonchev–Trinajstić information content (AvgIpc) is 2.98. The van der Waals surface area contributed by atoms with Gasteiger partial charge in [0.15, 0.2) is 0 Å². The molecule has 100 valence electrons. The summed E-state index contributed by atoms with van der Waals surface area (Å²) in [5.41, 5.74) is 1.02. The first-order chi connectivity index (χ1) is 9.13. The number of amides is 1. The Morgan fingerprint density at radius 1 is 1.68 bits per heavy atom. The monoisotopic (exact) mass is 339 g/mol. The Hall–Kier alpha value is -1.40. The molecule has 0 fully saturated rings. The van der Waals surface area contributed by atoms with E-state index in [4.69, 9.17) is 0 Å². The summed E-state index contributed by atoms with van der Waals surface area (Å²) in [5, 5.41) is 4.90. The zero-order chi connectivity index (χ0) is 13.7. The predicted molar refractivity (Wildman–Crippen MR) is 80.9 cm³/mol. The van der Waals surface area contributed by atoms with Crippen LogP contribution in [-0.2, 0) is 11.3 Å². The van der Waals surface area contributed by atoms with Crippen molar-refractivity contribution >= 4 is 39.2 Å². The summed E-state index contributed by atoms with van der Waals surface area (Å²) in [6, 6.07) is 2.03. The number of aromatic nitrogens is 2. The number of nitrogens with one attached hydrogen (secondary N) is 1. The van der Waals surface area contributed by atoms with E-state index in [9.17, 15) is 4.79 Å². The Labute approximate surface area is 124 Å². The lowest BCUT2D eigenvalue weighted by Crippen LogP contribution is -2.34. The number of thiophene rings is 1. The van der Waals surface area contributed by atoms with Gasteiger partial charge < -0.3 is 9.88 Å². The van der Waals surface area contributed by atoms with Gasteiger partial charge in [0.2, 0.25) is 5.91 Å². The highest BCUT2D eigenvalue weighted by Gasteiger charge is 2.05. The molecule has 2 aromatic rings. The average molecular weight is 340 g/mol. The van der Waals surface area contributed by atoms with E-state index in [1.54, 1.807) is 36.0 Å². The SMILES string of the molecule is CC(Cn1ccnc1)NC(=O)C=Cc1csc(Br)c1. The number of carbonyl (C=O) groups excluding carboxylic acids is 1. The second-order valence-electron chi connectivity index (χ2n) is 4.19. The number of rotatable bonds is 5. The number of imidazole rings is 1. The van der Waals surface area contributed by atoms with Crippen LogP contribution in [0.25, 0.3) is 6.08 Å². The molecular formula is C13H14BrN3OS.